The molecule has 0 unspecified atom stereocenters. The number of carbonyl (C=O) groups excluding carboxylic acids is 1. The number of rotatable bonds is 5. The predicted octanol–water partition coefficient (Wildman–Crippen LogP) is 3.49. The van der Waals surface area contributed by atoms with Gasteiger partial charge in [0.25, 0.3) is 0 Å². The van der Waals surface area contributed by atoms with Crippen molar-refractivity contribution < 1.29 is 9.18 Å². The third kappa shape index (κ3) is 4.78. The van der Waals surface area contributed by atoms with Crippen LogP contribution in [0.25, 0.3) is 0 Å². The molecule has 0 aliphatic heterocycles. The fourth-order valence-corrected chi connectivity index (χ4v) is 2.34. The van der Waals surface area contributed by atoms with Crippen LogP contribution in [0.2, 0.25) is 0 Å². The lowest BCUT2D eigenvalue weighted by Gasteiger charge is -2.06. The minimum absolute atomic E-state index is 0.00906. The summed E-state index contributed by atoms with van der Waals surface area (Å²) < 4.78 is 13.7. The summed E-state index contributed by atoms with van der Waals surface area (Å²) >= 11 is 3.38. The summed E-state index contributed by atoms with van der Waals surface area (Å²) in [5, 5.41) is 2.87. The molecule has 0 atom stereocenters. The minimum Gasteiger partial charge on any atom is -0.355 e. The van der Waals surface area contributed by atoms with Gasteiger partial charge >= 0.3 is 0 Å². The zero-order chi connectivity index (χ0) is 14.4. The average Bonchev–Trinajstić information content (AvgIpc) is 2.41. The van der Waals surface area contributed by atoms with Gasteiger partial charge in [0, 0.05) is 11.0 Å². The molecule has 0 aromatic heterocycles. The molecule has 1 amide bonds. The second-order valence-electron chi connectivity index (χ2n) is 4.53. The lowest BCUT2D eigenvalue weighted by atomic mass is 10.1. The fourth-order valence-electron chi connectivity index (χ4n) is 1.89. The van der Waals surface area contributed by atoms with Gasteiger partial charge in [-0.2, -0.15) is 0 Å². The lowest BCUT2D eigenvalue weighted by Crippen LogP contribution is -2.27. The summed E-state index contributed by atoms with van der Waals surface area (Å²) in [6.45, 7) is 0.554. The van der Waals surface area contributed by atoms with Crippen LogP contribution in [0.15, 0.2) is 53.0 Å². The van der Waals surface area contributed by atoms with E-state index >= 15 is 0 Å². The molecule has 2 rings (SSSR count). The highest BCUT2D eigenvalue weighted by Gasteiger charge is 2.03. The zero-order valence-electron chi connectivity index (χ0n) is 10.9. The summed E-state index contributed by atoms with van der Waals surface area (Å²) in [5.74, 6) is -0.252. The molecule has 2 nitrogen and oxygen atoms in total. The molecule has 4 heteroatoms. The van der Waals surface area contributed by atoms with Crippen LogP contribution in [0.5, 0.6) is 0 Å². The maximum absolute atomic E-state index is 12.7. The smallest absolute Gasteiger partial charge is 0.224 e. The summed E-state index contributed by atoms with van der Waals surface area (Å²) in [6, 6.07) is 14.0. The molecule has 0 saturated carbocycles. The Kier molecular flexibility index (Phi) is 5.30. The van der Waals surface area contributed by atoms with Gasteiger partial charge in [-0.15, -0.1) is 0 Å². The van der Waals surface area contributed by atoms with E-state index in [0.29, 0.717) is 19.4 Å². The zero-order valence-corrected chi connectivity index (χ0v) is 12.5. The fraction of sp³-hybridized carbons (Fsp3) is 0.188. The molecular formula is C16H15BrFNO. The SMILES string of the molecule is O=C(Cc1cccc(Br)c1)NCCc1ccc(F)cc1. The molecule has 0 heterocycles. The van der Waals surface area contributed by atoms with Crippen molar-refractivity contribution in [3.8, 4) is 0 Å². The standard InChI is InChI=1S/C16H15BrFNO/c17-14-3-1-2-13(10-14)11-16(20)19-9-8-12-4-6-15(18)7-5-12/h1-7,10H,8-9,11H2,(H,19,20). The van der Waals surface area contributed by atoms with Crippen LogP contribution in [-0.4, -0.2) is 12.5 Å². The molecule has 0 saturated heterocycles. The lowest BCUT2D eigenvalue weighted by molar-refractivity contribution is -0.120. The van der Waals surface area contributed by atoms with Crippen LogP contribution in [-0.2, 0) is 17.6 Å². The maximum Gasteiger partial charge on any atom is 0.224 e. The van der Waals surface area contributed by atoms with Gasteiger partial charge in [0.2, 0.25) is 5.91 Å². The highest BCUT2D eigenvalue weighted by atomic mass is 79.9. The minimum atomic E-state index is -0.243. The number of benzene rings is 2. The van der Waals surface area contributed by atoms with Gasteiger partial charge in [0.15, 0.2) is 0 Å². The summed E-state index contributed by atoms with van der Waals surface area (Å²) in [4.78, 5) is 11.8. The van der Waals surface area contributed by atoms with Crippen molar-refractivity contribution in [2.75, 3.05) is 6.54 Å². The summed E-state index contributed by atoms with van der Waals surface area (Å²) in [5.41, 5.74) is 1.98. The number of halogens is 2. The Balaban J connectivity index is 1.76. The number of amides is 1. The van der Waals surface area contributed by atoms with Crippen molar-refractivity contribution >= 4 is 21.8 Å². The van der Waals surface area contributed by atoms with Crippen molar-refractivity contribution in [1.29, 1.82) is 0 Å². The Labute approximate surface area is 126 Å². The third-order valence-corrected chi connectivity index (χ3v) is 3.40. The van der Waals surface area contributed by atoms with E-state index in [4.69, 9.17) is 0 Å². The Morgan fingerprint density at radius 3 is 2.55 bits per heavy atom. The van der Waals surface area contributed by atoms with Crippen LogP contribution in [0.1, 0.15) is 11.1 Å². The molecule has 2 aromatic rings. The van der Waals surface area contributed by atoms with E-state index < -0.39 is 0 Å². The first-order chi connectivity index (χ1) is 9.63. The largest absolute Gasteiger partial charge is 0.355 e. The maximum atomic E-state index is 12.7. The molecule has 2 aromatic carbocycles. The van der Waals surface area contributed by atoms with E-state index in [1.807, 2.05) is 24.3 Å². The van der Waals surface area contributed by atoms with E-state index in [1.54, 1.807) is 12.1 Å². The molecule has 0 fully saturated rings. The van der Waals surface area contributed by atoms with E-state index in [-0.39, 0.29) is 11.7 Å². The van der Waals surface area contributed by atoms with Crippen molar-refractivity contribution in [2.24, 2.45) is 0 Å². The Hall–Kier alpha value is -1.68. The van der Waals surface area contributed by atoms with Gasteiger partial charge in [0.1, 0.15) is 5.82 Å². The second kappa shape index (κ2) is 7.20. The topological polar surface area (TPSA) is 29.1 Å². The van der Waals surface area contributed by atoms with E-state index in [2.05, 4.69) is 21.2 Å². The third-order valence-electron chi connectivity index (χ3n) is 2.90. The van der Waals surface area contributed by atoms with Crippen molar-refractivity contribution in [3.05, 3.63) is 69.9 Å². The van der Waals surface area contributed by atoms with Crippen LogP contribution >= 0.6 is 15.9 Å². The molecule has 0 spiro atoms. The van der Waals surface area contributed by atoms with E-state index in [9.17, 15) is 9.18 Å². The first-order valence-corrected chi connectivity index (χ1v) is 7.18. The van der Waals surface area contributed by atoms with Gasteiger partial charge in [-0.25, -0.2) is 4.39 Å². The van der Waals surface area contributed by atoms with Crippen molar-refractivity contribution in [2.45, 2.75) is 12.8 Å². The molecule has 0 aliphatic carbocycles. The summed E-state index contributed by atoms with van der Waals surface area (Å²) in [6.07, 6.45) is 1.06. The van der Waals surface area contributed by atoms with E-state index in [1.165, 1.54) is 12.1 Å². The van der Waals surface area contributed by atoms with E-state index in [0.717, 1.165) is 15.6 Å². The monoisotopic (exact) mass is 335 g/mol. The number of hydrogen-bond acceptors (Lipinski definition) is 1. The first-order valence-electron chi connectivity index (χ1n) is 6.39. The Bertz CT molecular complexity index is 583. The molecular weight excluding hydrogens is 321 g/mol. The molecule has 0 aliphatic rings. The second-order valence-corrected chi connectivity index (χ2v) is 5.45. The highest BCUT2D eigenvalue weighted by Crippen LogP contribution is 2.12. The summed E-state index contributed by atoms with van der Waals surface area (Å²) in [7, 11) is 0. The Morgan fingerprint density at radius 2 is 1.85 bits per heavy atom. The van der Waals surface area contributed by atoms with Gasteiger partial charge in [-0.1, -0.05) is 40.2 Å². The van der Waals surface area contributed by atoms with Gasteiger partial charge < -0.3 is 5.32 Å². The van der Waals surface area contributed by atoms with Gasteiger partial charge in [-0.05, 0) is 41.8 Å². The van der Waals surface area contributed by atoms with Crippen LogP contribution < -0.4 is 5.32 Å². The predicted molar refractivity (Wildman–Crippen MR) is 81.0 cm³/mol. The quantitative estimate of drug-likeness (QED) is 0.890. The number of nitrogens with one attached hydrogen (secondary N) is 1. The van der Waals surface area contributed by atoms with Crippen molar-refractivity contribution in [1.82, 2.24) is 5.32 Å². The van der Waals surface area contributed by atoms with Crippen LogP contribution in [0, 0.1) is 5.82 Å². The van der Waals surface area contributed by atoms with Gasteiger partial charge in [-0.3, -0.25) is 4.79 Å². The number of hydrogen-bond donors (Lipinski definition) is 1. The van der Waals surface area contributed by atoms with Gasteiger partial charge in [0.05, 0.1) is 6.42 Å². The molecule has 0 radical (unpaired) electrons. The average molecular weight is 336 g/mol. The van der Waals surface area contributed by atoms with Crippen molar-refractivity contribution in [3.63, 3.8) is 0 Å². The number of carbonyl (C=O) groups is 1. The Morgan fingerprint density at radius 1 is 1.10 bits per heavy atom. The van der Waals surface area contributed by atoms with Crippen LogP contribution in [0.3, 0.4) is 0 Å². The highest BCUT2D eigenvalue weighted by molar-refractivity contribution is 9.10. The normalized spacial score (nSPS) is 10.3. The molecule has 0 bridgehead atoms. The molecule has 20 heavy (non-hydrogen) atoms. The first kappa shape index (κ1) is 14.7. The molecule has 1 N–H and O–H groups in total. The van der Waals surface area contributed by atoms with Crippen LogP contribution in [0.4, 0.5) is 4.39 Å². The molecule has 104 valence electrons.